The van der Waals surface area contributed by atoms with Gasteiger partial charge in [-0.15, -0.1) is 0 Å². The van der Waals surface area contributed by atoms with Crippen LogP contribution in [0.15, 0.2) is 35.5 Å². The molecule has 1 radical (unpaired) electrons. The first-order chi connectivity index (χ1) is 6.87. The van der Waals surface area contributed by atoms with E-state index < -0.39 is 5.60 Å². The lowest BCUT2D eigenvalue weighted by Gasteiger charge is -2.25. The number of hydrogen-bond acceptors (Lipinski definition) is 3. The second-order valence-corrected chi connectivity index (χ2v) is 3.31. The number of nitrogens with zero attached hydrogens (tertiary/aromatic N) is 1. The summed E-state index contributed by atoms with van der Waals surface area (Å²) in [7, 11) is 1.66. The maximum absolute atomic E-state index is 5.36. The van der Waals surface area contributed by atoms with E-state index >= 15 is 0 Å². The molecule has 1 unspecified atom stereocenters. The van der Waals surface area contributed by atoms with Crippen LogP contribution >= 0.6 is 0 Å². The van der Waals surface area contributed by atoms with Crippen LogP contribution in [0.25, 0.3) is 0 Å². The highest BCUT2D eigenvalue weighted by molar-refractivity contribution is 5.61. The lowest BCUT2D eigenvalue weighted by atomic mass is 9.92. The van der Waals surface area contributed by atoms with Crippen LogP contribution in [0.1, 0.15) is 12.0 Å². The zero-order chi connectivity index (χ0) is 9.86. The average molecular weight is 190 g/mol. The topological polar surface area (TPSA) is 30.8 Å². The average Bonchev–Trinajstić information content (AvgIpc) is 2.70. The first-order valence-corrected chi connectivity index (χ1v) is 4.53. The molecular weight excluding hydrogens is 178 g/mol. The standard InChI is InChI=1S/C11H12NO2/c1-13-9-11(7-8-12-14-11)10-5-3-2-4-6-10/h2-6H,7,9H2,1H3. The number of benzene rings is 1. The normalized spacial score (nSPS) is 24.9. The molecule has 0 amide bonds. The summed E-state index contributed by atoms with van der Waals surface area (Å²) < 4.78 is 5.16. The molecule has 2 rings (SSSR count). The molecule has 0 saturated heterocycles. The maximum atomic E-state index is 5.36. The summed E-state index contributed by atoms with van der Waals surface area (Å²) in [6, 6.07) is 9.97. The van der Waals surface area contributed by atoms with Gasteiger partial charge in [-0.2, -0.15) is 0 Å². The Kier molecular flexibility index (Phi) is 2.50. The van der Waals surface area contributed by atoms with Crippen molar-refractivity contribution in [2.24, 2.45) is 5.16 Å². The number of rotatable bonds is 3. The van der Waals surface area contributed by atoms with E-state index in [1.807, 2.05) is 30.3 Å². The summed E-state index contributed by atoms with van der Waals surface area (Å²) >= 11 is 0. The van der Waals surface area contributed by atoms with Gasteiger partial charge in [-0.05, 0) is 0 Å². The molecule has 1 aromatic rings. The van der Waals surface area contributed by atoms with Gasteiger partial charge in [0.1, 0.15) is 6.21 Å². The van der Waals surface area contributed by atoms with E-state index in [9.17, 15) is 0 Å². The maximum Gasteiger partial charge on any atom is 0.191 e. The summed E-state index contributed by atoms with van der Waals surface area (Å²) in [4.78, 5) is 5.36. The summed E-state index contributed by atoms with van der Waals surface area (Å²) in [6.45, 7) is 0.494. The monoisotopic (exact) mass is 190 g/mol. The highest BCUT2D eigenvalue weighted by Gasteiger charge is 2.37. The first-order valence-electron chi connectivity index (χ1n) is 4.53. The fourth-order valence-electron chi connectivity index (χ4n) is 1.60. The van der Waals surface area contributed by atoms with Crippen LogP contribution in [-0.2, 0) is 15.2 Å². The van der Waals surface area contributed by atoms with Crippen molar-refractivity contribution in [3.63, 3.8) is 0 Å². The van der Waals surface area contributed by atoms with Gasteiger partial charge >= 0.3 is 0 Å². The Morgan fingerprint density at radius 1 is 1.50 bits per heavy atom. The summed E-state index contributed by atoms with van der Waals surface area (Å²) in [5, 5.41) is 3.70. The van der Waals surface area contributed by atoms with Gasteiger partial charge in [0.25, 0.3) is 0 Å². The fourth-order valence-corrected chi connectivity index (χ4v) is 1.60. The predicted octanol–water partition coefficient (Wildman–Crippen LogP) is 1.81. The van der Waals surface area contributed by atoms with Gasteiger partial charge in [-0.25, -0.2) is 0 Å². The Labute approximate surface area is 83.3 Å². The van der Waals surface area contributed by atoms with Gasteiger partial charge in [0.05, 0.1) is 6.61 Å². The van der Waals surface area contributed by atoms with E-state index in [-0.39, 0.29) is 0 Å². The van der Waals surface area contributed by atoms with E-state index in [2.05, 4.69) is 11.4 Å². The van der Waals surface area contributed by atoms with E-state index in [4.69, 9.17) is 9.57 Å². The molecule has 73 valence electrons. The van der Waals surface area contributed by atoms with Gasteiger partial charge in [-0.1, -0.05) is 35.5 Å². The zero-order valence-electron chi connectivity index (χ0n) is 8.06. The van der Waals surface area contributed by atoms with Crippen molar-refractivity contribution < 1.29 is 9.57 Å². The second kappa shape index (κ2) is 3.80. The van der Waals surface area contributed by atoms with Crippen LogP contribution in [0.4, 0.5) is 0 Å². The third-order valence-electron chi connectivity index (χ3n) is 2.33. The Morgan fingerprint density at radius 2 is 2.29 bits per heavy atom. The lowest BCUT2D eigenvalue weighted by molar-refractivity contribution is -0.0734. The van der Waals surface area contributed by atoms with E-state index in [1.54, 1.807) is 7.11 Å². The van der Waals surface area contributed by atoms with Crippen molar-refractivity contribution in [1.82, 2.24) is 0 Å². The molecule has 0 N–H and O–H groups in total. The minimum Gasteiger partial charge on any atom is -0.381 e. The molecule has 1 heterocycles. The molecule has 1 aliphatic rings. The highest BCUT2D eigenvalue weighted by atomic mass is 16.7. The van der Waals surface area contributed by atoms with Gasteiger partial charge in [0.15, 0.2) is 5.60 Å². The van der Waals surface area contributed by atoms with E-state index in [1.165, 1.54) is 0 Å². The van der Waals surface area contributed by atoms with Crippen LogP contribution in [0.5, 0.6) is 0 Å². The van der Waals surface area contributed by atoms with Crippen molar-refractivity contribution in [1.29, 1.82) is 0 Å². The van der Waals surface area contributed by atoms with Gasteiger partial charge in [0, 0.05) is 19.1 Å². The molecule has 1 atom stereocenters. The zero-order valence-corrected chi connectivity index (χ0v) is 8.06. The largest absolute Gasteiger partial charge is 0.381 e. The Bertz CT molecular complexity index is 313. The number of ether oxygens (including phenoxy) is 1. The van der Waals surface area contributed by atoms with Crippen molar-refractivity contribution in [3.05, 3.63) is 35.9 Å². The molecule has 1 aliphatic heterocycles. The number of methoxy groups -OCH3 is 1. The summed E-state index contributed by atoms with van der Waals surface area (Å²) in [5.74, 6) is 0. The number of hydrogen-bond donors (Lipinski definition) is 0. The van der Waals surface area contributed by atoms with E-state index in [0.717, 1.165) is 5.56 Å². The van der Waals surface area contributed by atoms with Crippen LogP contribution in [-0.4, -0.2) is 19.9 Å². The SMILES string of the molecule is COCC1(c2ccccc2)C[C]=NO1. The van der Waals surface area contributed by atoms with Crippen LogP contribution < -0.4 is 0 Å². The van der Waals surface area contributed by atoms with Crippen LogP contribution in [0.3, 0.4) is 0 Å². The summed E-state index contributed by atoms with van der Waals surface area (Å²) in [6.07, 6.45) is 3.46. The second-order valence-electron chi connectivity index (χ2n) is 3.31. The van der Waals surface area contributed by atoms with Crippen molar-refractivity contribution in [2.75, 3.05) is 13.7 Å². The van der Waals surface area contributed by atoms with Crippen molar-refractivity contribution >= 4 is 6.21 Å². The molecule has 0 spiro atoms. The molecule has 1 aromatic carbocycles. The van der Waals surface area contributed by atoms with Crippen LogP contribution in [0, 0.1) is 0 Å². The molecule has 0 aliphatic carbocycles. The molecule has 0 aromatic heterocycles. The third-order valence-corrected chi connectivity index (χ3v) is 2.33. The minimum atomic E-state index is -0.462. The molecule has 0 bridgehead atoms. The highest BCUT2D eigenvalue weighted by Crippen LogP contribution is 2.32. The molecule has 14 heavy (non-hydrogen) atoms. The first kappa shape index (κ1) is 9.21. The third kappa shape index (κ3) is 1.51. The predicted molar refractivity (Wildman–Crippen MR) is 53.1 cm³/mol. The van der Waals surface area contributed by atoms with Crippen molar-refractivity contribution in [3.8, 4) is 0 Å². The minimum absolute atomic E-state index is 0.462. The van der Waals surface area contributed by atoms with Gasteiger partial charge in [-0.3, -0.25) is 0 Å². The Morgan fingerprint density at radius 3 is 2.86 bits per heavy atom. The quantitative estimate of drug-likeness (QED) is 0.727. The lowest BCUT2D eigenvalue weighted by Crippen LogP contribution is -2.30. The van der Waals surface area contributed by atoms with Gasteiger partial charge < -0.3 is 9.57 Å². The van der Waals surface area contributed by atoms with Crippen LogP contribution in [0.2, 0.25) is 0 Å². The molecule has 3 nitrogen and oxygen atoms in total. The Hall–Kier alpha value is -1.35. The molecular formula is C11H12NO2. The van der Waals surface area contributed by atoms with E-state index in [0.29, 0.717) is 13.0 Å². The smallest absolute Gasteiger partial charge is 0.191 e. The van der Waals surface area contributed by atoms with Gasteiger partial charge in [0.2, 0.25) is 0 Å². The van der Waals surface area contributed by atoms with Crippen molar-refractivity contribution in [2.45, 2.75) is 12.0 Å². The molecule has 0 saturated carbocycles. The fraction of sp³-hybridized carbons (Fsp3) is 0.364. The molecule has 0 fully saturated rings. The summed E-state index contributed by atoms with van der Waals surface area (Å²) in [5.41, 5.74) is 0.617. The molecule has 3 heteroatoms. The Balaban J connectivity index is 2.28.